The largest absolute Gasteiger partial charge is 0.365 e. The molecule has 4 aromatic rings. The molecule has 0 radical (unpaired) electrons. The SMILES string of the molecule is C=CC(=O)N1CCC[C@@H](n2nc(-c3cnc(-n4ccc(=O)c(C(N)=O)c4)nc3)c3cncc(Cl)c32)C1. The quantitative estimate of drug-likeness (QED) is 0.410. The van der Waals surface area contributed by atoms with Crippen LogP contribution in [0.3, 0.4) is 0 Å². The van der Waals surface area contributed by atoms with E-state index in [2.05, 4.69) is 21.5 Å². The summed E-state index contributed by atoms with van der Waals surface area (Å²) in [5.41, 5.74) is 6.57. The normalized spacial score (nSPS) is 15.7. The van der Waals surface area contributed by atoms with E-state index in [9.17, 15) is 14.4 Å². The highest BCUT2D eigenvalue weighted by molar-refractivity contribution is 6.35. The molecule has 5 heterocycles. The molecular formula is C24H21ClN8O3. The summed E-state index contributed by atoms with van der Waals surface area (Å²) in [5.74, 6) is -0.703. The summed E-state index contributed by atoms with van der Waals surface area (Å²) in [5, 5.41) is 6.03. The number of hydrogen-bond acceptors (Lipinski definition) is 7. The number of halogens is 1. The van der Waals surface area contributed by atoms with Crippen molar-refractivity contribution in [3.63, 3.8) is 0 Å². The zero-order valence-electron chi connectivity index (χ0n) is 19.0. The van der Waals surface area contributed by atoms with Gasteiger partial charge in [0, 0.05) is 67.3 Å². The number of piperidine rings is 1. The first-order chi connectivity index (χ1) is 17.4. The third-order valence-corrected chi connectivity index (χ3v) is 6.40. The number of amides is 2. The van der Waals surface area contributed by atoms with E-state index in [4.69, 9.17) is 22.4 Å². The summed E-state index contributed by atoms with van der Waals surface area (Å²) in [7, 11) is 0. The molecule has 4 aromatic heterocycles. The number of carbonyl (C=O) groups excluding carboxylic acids is 2. The Hall–Kier alpha value is -4.38. The fourth-order valence-corrected chi connectivity index (χ4v) is 4.62. The fraction of sp³-hybridized carbons (Fsp3) is 0.208. The lowest BCUT2D eigenvalue weighted by Gasteiger charge is -2.32. The summed E-state index contributed by atoms with van der Waals surface area (Å²) >= 11 is 6.55. The number of carbonyl (C=O) groups is 2. The Labute approximate surface area is 209 Å². The van der Waals surface area contributed by atoms with Crippen LogP contribution in [-0.2, 0) is 4.79 Å². The van der Waals surface area contributed by atoms with Crippen molar-refractivity contribution < 1.29 is 9.59 Å². The smallest absolute Gasteiger partial charge is 0.254 e. The molecule has 1 saturated heterocycles. The third-order valence-electron chi connectivity index (χ3n) is 6.12. The zero-order valence-corrected chi connectivity index (χ0v) is 19.8. The van der Waals surface area contributed by atoms with Crippen LogP contribution in [0.1, 0.15) is 29.2 Å². The highest BCUT2D eigenvalue weighted by Crippen LogP contribution is 2.35. The Balaban J connectivity index is 1.54. The molecule has 1 fully saturated rings. The monoisotopic (exact) mass is 504 g/mol. The van der Waals surface area contributed by atoms with Crippen molar-refractivity contribution in [2.45, 2.75) is 18.9 Å². The molecule has 5 rings (SSSR count). The average molecular weight is 505 g/mol. The van der Waals surface area contributed by atoms with E-state index in [1.807, 2.05) is 4.68 Å². The van der Waals surface area contributed by atoms with Gasteiger partial charge >= 0.3 is 0 Å². The van der Waals surface area contributed by atoms with Gasteiger partial charge in [0.1, 0.15) is 11.3 Å². The van der Waals surface area contributed by atoms with Crippen LogP contribution in [0.15, 0.2) is 60.7 Å². The molecular weight excluding hydrogens is 484 g/mol. The number of nitrogens with two attached hydrogens (primary N) is 1. The van der Waals surface area contributed by atoms with Crippen molar-refractivity contribution >= 4 is 34.3 Å². The van der Waals surface area contributed by atoms with Gasteiger partial charge in [-0.25, -0.2) is 9.97 Å². The molecule has 11 nitrogen and oxygen atoms in total. The number of fused-ring (bicyclic) bond motifs is 1. The maximum atomic E-state index is 12.2. The molecule has 0 bridgehead atoms. The lowest BCUT2D eigenvalue weighted by Crippen LogP contribution is -2.40. The highest BCUT2D eigenvalue weighted by atomic mass is 35.5. The molecule has 182 valence electrons. The molecule has 2 N–H and O–H groups in total. The minimum atomic E-state index is -0.830. The number of hydrogen-bond donors (Lipinski definition) is 1. The van der Waals surface area contributed by atoms with Crippen molar-refractivity contribution in [3.8, 4) is 17.2 Å². The molecule has 0 unspecified atom stereocenters. The number of primary amides is 1. The first-order valence-electron chi connectivity index (χ1n) is 11.2. The van der Waals surface area contributed by atoms with Crippen LogP contribution in [0.2, 0.25) is 5.02 Å². The Morgan fingerprint density at radius 2 is 1.97 bits per heavy atom. The molecule has 0 aromatic carbocycles. The predicted octanol–water partition coefficient (Wildman–Crippen LogP) is 2.14. The van der Waals surface area contributed by atoms with E-state index in [-0.39, 0.29) is 23.5 Å². The molecule has 0 spiro atoms. The van der Waals surface area contributed by atoms with E-state index < -0.39 is 11.3 Å². The van der Waals surface area contributed by atoms with Gasteiger partial charge in [0.05, 0.1) is 16.6 Å². The molecule has 12 heteroatoms. The second-order valence-corrected chi connectivity index (χ2v) is 8.77. The lowest BCUT2D eigenvalue weighted by molar-refractivity contribution is -0.127. The van der Waals surface area contributed by atoms with Crippen molar-refractivity contribution in [2.24, 2.45) is 5.73 Å². The summed E-state index contributed by atoms with van der Waals surface area (Å²) in [6.45, 7) is 4.75. The molecule has 1 atom stereocenters. The number of nitrogens with zero attached hydrogens (tertiary/aromatic N) is 7. The topological polar surface area (TPSA) is 142 Å². The van der Waals surface area contributed by atoms with Crippen LogP contribution in [0, 0.1) is 0 Å². The molecule has 1 aliphatic rings. The first kappa shape index (κ1) is 23.4. The number of aromatic nitrogens is 6. The third kappa shape index (κ3) is 4.13. The van der Waals surface area contributed by atoms with Gasteiger partial charge in [0.2, 0.25) is 11.9 Å². The maximum Gasteiger partial charge on any atom is 0.254 e. The summed E-state index contributed by atoms with van der Waals surface area (Å²) in [4.78, 5) is 50.3. The van der Waals surface area contributed by atoms with Crippen molar-refractivity contribution in [2.75, 3.05) is 13.1 Å². The van der Waals surface area contributed by atoms with Crippen LogP contribution >= 0.6 is 11.6 Å². The minimum absolute atomic E-state index is 0.0765. The maximum absolute atomic E-state index is 12.2. The Morgan fingerprint density at radius 3 is 2.69 bits per heavy atom. The van der Waals surface area contributed by atoms with Gasteiger partial charge in [-0.1, -0.05) is 18.2 Å². The second-order valence-electron chi connectivity index (χ2n) is 8.36. The van der Waals surface area contributed by atoms with E-state index in [1.165, 1.54) is 29.1 Å². The van der Waals surface area contributed by atoms with Crippen LogP contribution in [-0.4, -0.2) is 59.1 Å². The molecule has 0 aliphatic carbocycles. The Bertz CT molecular complexity index is 1560. The van der Waals surface area contributed by atoms with Crippen LogP contribution in [0.5, 0.6) is 0 Å². The Kier molecular flexibility index (Phi) is 6.06. The van der Waals surface area contributed by atoms with Gasteiger partial charge < -0.3 is 10.6 Å². The second kappa shape index (κ2) is 9.34. The van der Waals surface area contributed by atoms with Crippen LogP contribution < -0.4 is 11.2 Å². The van der Waals surface area contributed by atoms with E-state index >= 15 is 0 Å². The van der Waals surface area contributed by atoms with Crippen LogP contribution in [0.4, 0.5) is 0 Å². The minimum Gasteiger partial charge on any atom is -0.365 e. The van der Waals surface area contributed by atoms with E-state index in [1.54, 1.807) is 29.7 Å². The zero-order chi connectivity index (χ0) is 25.4. The molecule has 2 amide bonds. The highest BCUT2D eigenvalue weighted by Gasteiger charge is 2.27. The number of pyridine rings is 2. The average Bonchev–Trinajstić information content (AvgIpc) is 3.29. The van der Waals surface area contributed by atoms with Gasteiger partial charge in [-0.2, -0.15) is 5.10 Å². The summed E-state index contributed by atoms with van der Waals surface area (Å²) in [6.07, 6.45) is 12.2. The molecule has 1 aliphatic heterocycles. The fourth-order valence-electron chi connectivity index (χ4n) is 4.38. The number of likely N-dealkylation sites (tertiary alicyclic amines) is 1. The van der Waals surface area contributed by atoms with Gasteiger partial charge in [0.15, 0.2) is 5.43 Å². The van der Waals surface area contributed by atoms with Gasteiger partial charge in [-0.3, -0.25) is 28.6 Å². The standard InChI is InChI=1S/C24H21ClN8O3/c1-2-20(35)31-6-3-4-15(12-31)33-22-16(10-27-11-18(22)25)21(30-33)14-8-28-24(29-9-14)32-7-5-19(34)17(13-32)23(26)36/h2,5,7-11,13,15H,1,3-4,6,12H2,(H2,26,36)/t15-/m1/s1. The van der Waals surface area contributed by atoms with Gasteiger partial charge in [-0.15, -0.1) is 0 Å². The summed E-state index contributed by atoms with van der Waals surface area (Å²) in [6, 6.07) is 1.15. The number of rotatable bonds is 5. The lowest BCUT2D eigenvalue weighted by atomic mass is 10.1. The van der Waals surface area contributed by atoms with Crippen LogP contribution in [0.25, 0.3) is 28.1 Å². The van der Waals surface area contributed by atoms with Crippen molar-refractivity contribution in [3.05, 3.63) is 76.7 Å². The molecule has 36 heavy (non-hydrogen) atoms. The van der Waals surface area contributed by atoms with Crippen molar-refractivity contribution in [1.29, 1.82) is 0 Å². The molecule has 0 saturated carbocycles. The van der Waals surface area contributed by atoms with E-state index in [0.717, 1.165) is 23.7 Å². The first-order valence-corrected chi connectivity index (χ1v) is 11.5. The van der Waals surface area contributed by atoms with Gasteiger partial charge in [0.25, 0.3) is 5.91 Å². The summed E-state index contributed by atoms with van der Waals surface area (Å²) < 4.78 is 3.29. The predicted molar refractivity (Wildman–Crippen MR) is 133 cm³/mol. The van der Waals surface area contributed by atoms with Gasteiger partial charge in [-0.05, 0) is 18.9 Å². The van der Waals surface area contributed by atoms with Crippen molar-refractivity contribution in [1.82, 2.24) is 34.2 Å². The van der Waals surface area contributed by atoms with E-state index in [0.29, 0.717) is 29.4 Å². The Morgan fingerprint density at radius 1 is 1.19 bits per heavy atom.